The molecule has 0 amide bonds. The van der Waals surface area contributed by atoms with Gasteiger partial charge in [0.2, 0.25) is 0 Å². The number of aliphatic hydroxyl groups is 1. The van der Waals surface area contributed by atoms with Crippen molar-refractivity contribution in [3.05, 3.63) is 23.3 Å². The summed E-state index contributed by atoms with van der Waals surface area (Å²) in [5, 5.41) is 19.5. The minimum absolute atomic E-state index is 0.156. The smallest absolute Gasteiger partial charge is 0.122 e. The van der Waals surface area contributed by atoms with Gasteiger partial charge in [0, 0.05) is 5.56 Å². The van der Waals surface area contributed by atoms with Crippen LogP contribution in [0.25, 0.3) is 0 Å². The number of phenolic OH excluding ortho intramolecular Hbond substituents is 1. The van der Waals surface area contributed by atoms with Gasteiger partial charge in [-0.05, 0) is 37.5 Å². The molecule has 0 heterocycles. The molecule has 1 aliphatic carbocycles. The monoisotopic (exact) mass is 194 g/mol. The Morgan fingerprint density at radius 3 is 2.50 bits per heavy atom. The van der Waals surface area contributed by atoms with E-state index in [-0.39, 0.29) is 5.75 Å². The van der Waals surface area contributed by atoms with Crippen LogP contribution in [0.3, 0.4) is 0 Å². The molecule has 0 aromatic heterocycles. The molecule has 1 fully saturated rings. The Hall–Kier alpha value is -1.22. The van der Waals surface area contributed by atoms with Crippen LogP contribution >= 0.6 is 0 Å². The van der Waals surface area contributed by atoms with Crippen molar-refractivity contribution in [2.45, 2.75) is 25.4 Å². The first kappa shape index (κ1) is 9.34. The fourth-order valence-corrected chi connectivity index (χ4v) is 1.65. The second-order valence-electron chi connectivity index (χ2n) is 3.87. The molecule has 76 valence electrons. The number of benzene rings is 1. The summed E-state index contributed by atoms with van der Waals surface area (Å²) in [5.74, 6) is 0.862. The van der Waals surface area contributed by atoms with E-state index in [1.807, 2.05) is 6.92 Å². The maximum Gasteiger partial charge on any atom is 0.122 e. The number of ether oxygens (including phenoxy) is 1. The molecular formula is C11H14O3. The quantitative estimate of drug-likeness (QED) is 0.753. The lowest BCUT2D eigenvalue weighted by Crippen LogP contribution is -2.05. The number of hydrogen-bond acceptors (Lipinski definition) is 3. The summed E-state index contributed by atoms with van der Waals surface area (Å²) >= 11 is 0. The van der Waals surface area contributed by atoms with Crippen LogP contribution in [0.5, 0.6) is 11.5 Å². The molecule has 2 N–H and O–H groups in total. The fraction of sp³-hybridized carbons (Fsp3) is 0.455. The zero-order valence-electron chi connectivity index (χ0n) is 8.37. The van der Waals surface area contributed by atoms with Crippen LogP contribution in [0.4, 0.5) is 0 Å². The fourth-order valence-electron chi connectivity index (χ4n) is 1.65. The summed E-state index contributed by atoms with van der Waals surface area (Å²) in [6, 6.07) is 3.35. The summed E-state index contributed by atoms with van der Waals surface area (Å²) < 4.78 is 5.14. The molecule has 3 nitrogen and oxygen atoms in total. The zero-order chi connectivity index (χ0) is 10.3. The first-order valence-electron chi connectivity index (χ1n) is 4.67. The maximum absolute atomic E-state index is 9.88. The number of hydrogen-bond donors (Lipinski definition) is 2. The molecule has 1 aliphatic rings. The minimum atomic E-state index is -0.814. The van der Waals surface area contributed by atoms with Crippen LogP contribution in [0.2, 0.25) is 0 Å². The highest BCUT2D eigenvalue weighted by Gasteiger charge is 2.44. The molecule has 0 spiro atoms. The van der Waals surface area contributed by atoms with Crippen LogP contribution in [0.15, 0.2) is 12.1 Å². The Kier molecular flexibility index (Phi) is 1.93. The molecule has 14 heavy (non-hydrogen) atoms. The predicted molar refractivity (Wildman–Crippen MR) is 52.5 cm³/mol. The van der Waals surface area contributed by atoms with Gasteiger partial charge < -0.3 is 14.9 Å². The first-order valence-corrected chi connectivity index (χ1v) is 4.67. The second kappa shape index (κ2) is 2.89. The molecule has 1 saturated carbocycles. The van der Waals surface area contributed by atoms with Gasteiger partial charge in [-0.15, -0.1) is 0 Å². The highest BCUT2D eigenvalue weighted by Crippen LogP contribution is 2.49. The highest BCUT2D eigenvalue weighted by atomic mass is 16.5. The molecule has 0 aliphatic heterocycles. The van der Waals surface area contributed by atoms with Crippen LogP contribution in [-0.4, -0.2) is 17.3 Å². The zero-order valence-corrected chi connectivity index (χ0v) is 8.37. The molecule has 1 aromatic rings. The van der Waals surface area contributed by atoms with Crippen LogP contribution in [0.1, 0.15) is 24.0 Å². The molecule has 0 atom stereocenters. The Labute approximate surface area is 83.0 Å². The van der Waals surface area contributed by atoms with Crippen molar-refractivity contribution in [1.82, 2.24) is 0 Å². The van der Waals surface area contributed by atoms with Crippen molar-refractivity contribution in [3.63, 3.8) is 0 Å². The van der Waals surface area contributed by atoms with E-state index in [1.165, 1.54) is 0 Å². The van der Waals surface area contributed by atoms with Crippen molar-refractivity contribution in [3.8, 4) is 11.5 Å². The molecule has 0 saturated heterocycles. The van der Waals surface area contributed by atoms with Crippen molar-refractivity contribution in [2.24, 2.45) is 0 Å². The first-order chi connectivity index (χ1) is 6.57. The third-order valence-electron chi connectivity index (χ3n) is 2.74. The Morgan fingerprint density at radius 1 is 1.36 bits per heavy atom. The lowest BCUT2D eigenvalue weighted by molar-refractivity contribution is 0.147. The predicted octanol–water partition coefficient (Wildman–Crippen LogP) is 1.69. The topological polar surface area (TPSA) is 49.7 Å². The Bertz CT molecular complexity index is 367. The highest BCUT2D eigenvalue weighted by molar-refractivity contribution is 5.49. The summed E-state index contributed by atoms with van der Waals surface area (Å²) in [5.41, 5.74) is 0.642. The van der Waals surface area contributed by atoms with Gasteiger partial charge in [0.15, 0.2) is 0 Å². The Balaban J connectivity index is 2.50. The van der Waals surface area contributed by atoms with Gasteiger partial charge in [-0.3, -0.25) is 0 Å². The van der Waals surface area contributed by atoms with E-state index in [2.05, 4.69) is 0 Å². The van der Waals surface area contributed by atoms with Gasteiger partial charge in [0.25, 0.3) is 0 Å². The molecule has 3 heteroatoms. The standard InChI is InChI=1S/C11H14O3/c1-7-5-9(12)8(6-10(7)14-2)11(13)3-4-11/h5-6,12-13H,3-4H2,1-2H3. The van der Waals surface area contributed by atoms with E-state index >= 15 is 0 Å². The summed E-state index contributed by atoms with van der Waals surface area (Å²) in [6.07, 6.45) is 1.43. The molecule has 0 unspecified atom stereocenters. The van der Waals surface area contributed by atoms with Crippen molar-refractivity contribution in [1.29, 1.82) is 0 Å². The minimum Gasteiger partial charge on any atom is -0.508 e. The van der Waals surface area contributed by atoms with Gasteiger partial charge >= 0.3 is 0 Å². The van der Waals surface area contributed by atoms with Gasteiger partial charge in [-0.25, -0.2) is 0 Å². The number of rotatable bonds is 2. The average molecular weight is 194 g/mol. The van der Waals surface area contributed by atoms with Gasteiger partial charge in [-0.2, -0.15) is 0 Å². The number of methoxy groups -OCH3 is 1. The number of aryl methyl sites for hydroxylation is 1. The third-order valence-corrected chi connectivity index (χ3v) is 2.74. The third kappa shape index (κ3) is 1.34. The summed E-state index contributed by atoms with van der Waals surface area (Å²) in [7, 11) is 1.58. The van der Waals surface area contributed by atoms with E-state index in [9.17, 15) is 10.2 Å². The molecular weight excluding hydrogens is 180 g/mol. The lowest BCUT2D eigenvalue weighted by atomic mass is 10.0. The average Bonchev–Trinajstić information content (AvgIpc) is 2.85. The SMILES string of the molecule is COc1cc(C2(O)CC2)c(O)cc1C. The van der Waals surface area contributed by atoms with Crippen LogP contribution in [0, 0.1) is 6.92 Å². The normalized spacial score (nSPS) is 17.9. The van der Waals surface area contributed by atoms with E-state index in [1.54, 1.807) is 19.2 Å². The summed E-state index contributed by atoms with van der Waals surface area (Å²) in [4.78, 5) is 0. The van der Waals surface area contributed by atoms with Crippen molar-refractivity contribution >= 4 is 0 Å². The molecule has 0 bridgehead atoms. The lowest BCUT2D eigenvalue weighted by Gasteiger charge is -2.13. The molecule has 1 aromatic carbocycles. The second-order valence-corrected chi connectivity index (χ2v) is 3.87. The van der Waals surface area contributed by atoms with Gasteiger partial charge in [0.05, 0.1) is 12.7 Å². The molecule has 2 rings (SSSR count). The van der Waals surface area contributed by atoms with E-state index in [0.29, 0.717) is 24.2 Å². The van der Waals surface area contributed by atoms with Crippen LogP contribution in [-0.2, 0) is 5.60 Å². The van der Waals surface area contributed by atoms with Crippen molar-refractivity contribution in [2.75, 3.05) is 7.11 Å². The van der Waals surface area contributed by atoms with Gasteiger partial charge in [-0.1, -0.05) is 0 Å². The van der Waals surface area contributed by atoms with Crippen molar-refractivity contribution < 1.29 is 14.9 Å². The maximum atomic E-state index is 9.88. The van der Waals surface area contributed by atoms with E-state index in [4.69, 9.17) is 4.74 Å². The number of phenols is 1. The largest absolute Gasteiger partial charge is 0.508 e. The summed E-state index contributed by atoms with van der Waals surface area (Å²) in [6.45, 7) is 1.86. The van der Waals surface area contributed by atoms with E-state index in [0.717, 1.165) is 5.56 Å². The molecule has 0 radical (unpaired) electrons. The number of aromatic hydroxyl groups is 1. The Morgan fingerprint density at radius 2 is 2.00 bits per heavy atom. The van der Waals surface area contributed by atoms with Gasteiger partial charge in [0.1, 0.15) is 11.5 Å². The van der Waals surface area contributed by atoms with Crippen LogP contribution < -0.4 is 4.74 Å². The van der Waals surface area contributed by atoms with E-state index < -0.39 is 5.60 Å².